The number of hydrogen-bond acceptors (Lipinski definition) is 7. The van der Waals surface area contributed by atoms with Gasteiger partial charge in [0.2, 0.25) is 10.0 Å². The molecule has 3 aromatic carbocycles. The molecule has 4 rings (SSSR count). The SMILES string of the molecule is CCN(CC)S(=O)(=O)c1ccc2c(c1)nc(SCc1ccc(C(=O)OC)cc1)n2-c1ccccc1OC. The number of aromatic nitrogens is 2. The van der Waals surface area contributed by atoms with Gasteiger partial charge in [0.1, 0.15) is 5.75 Å². The summed E-state index contributed by atoms with van der Waals surface area (Å²) in [6.07, 6.45) is 0. The normalized spacial score (nSPS) is 11.7. The minimum atomic E-state index is -3.63. The van der Waals surface area contributed by atoms with Crippen molar-refractivity contribution >= 4 is 38.8 Å². The van der Waals surface area contributed by atoms with Gasteiger partial charge < -0.3 is 9.47 Å². The quantitative estimate of drug-likeness (QED) is 0.203. The van der Waals surface area contributed by atoms with E-state index in [1.165, 1.54) is 23.2 Å². The predicted octanol–water partition coefficient (Wildman–Crippen LogP) is 5.14. The van der Waals surface area contributed by atoms with Crippen molar-refractivity contribution < 1.29 is 22.7 Å². The van der Waals surface area contributed by atoms with E-state index in [-0.39, 0.29) is 10.9 Å². The number of thioether (sulfide) groups is 1. The Hall–Kier alpha value is -3.34. The van der Waals surface area contributed by atoms with Crippen molar-refractivity contribution in [1.82, 2.24) is 13.9 Å². The van der Waals surface area contributed by atoms with E-state index in [1.807, 2.05) is 54.8 Å². The van der Waals surface area contributed by atoms with Crippen molar-refractivity contribution in [3.05, 3.63) is 77.9 Å². The third kappa shape index (κ3) is 5.36. The van der Waals surface area contributed by atoms with Crippen molar-refractivity contribution in [3.8, 4) is 11.4 Å². The smallest absolute Gasteiger partial charge is 0.337 e. The third-order valence-electron chi connectivity index (χ3n) is 6.01. The molecule has 0 saturated heterocycles. The number of rotatable bonds is 10. The topological polar surface area (TPSA) is 90.7 Å². The molecule has 8 nitrogen and oxygen atoms in total. The van der Waals surface area contributed by atoms with Crippen LogP contribution in [0.1, 0.15) is 29.8 Å². The van der Waals surface area contributed by atoms with Gasteiger partial charge in [-0.2, -0.15) is 4.31 Å². The van der Waals surface area contributed by atoms with Gasteiger partial charge in [-0.15, -0.1) is 0 Å². The molecule has 0 spiro atoms. The molecule has 194 valence electrons. The lowest BCUT2D eigenvalue weighted by atomic mass is 10.1. The fraction of sp³-hybridized carbons (Fsp3) is 0.259. The number of methoxy groups -OCH3 is 2. The van der Waals surface area contributed by atoms with Gasteiger partial charge in [0.15, 0.2) is 5.16 Å². The molecule has 0 aliphatic carbocycles. The van der Waals surface area contributed by atoms with Gasteiger partial charge in [0.05, 0.1) is 41.4 Å². The first-order valence-electron chi connectivity index (χ1n) is 11.8. The van der Waals surface area contributed by atoms with Crippen molar-refractivity contribution in [3.63, 3.8) is 0 Å². The summed E-state index contributed by atoms with van der Waals surface area (Å²) in [7, 11) is -0.660. The number of carbonyl (C=O) groups is 1. The molecule has 1 heterocycles. The summed E-state index contributed by atoms with van der Waals surface area (Å²) in [6, 6.07) is 19.9. The lowest BCUT2D eigenvalue weighted by Crippen LogP contribution is -2.30. The van der Waals surface area contributed by atoms with Crippen LogP contribution in [0.25, 0.3) is 16.7 Å². The highest BCUT2D eigenvalue weighted by Gasteiger charge is 2.24. The molecule has 4 aromatic rings. The molecule has 1 aromatic heterocycles. The summed E-state index contributed by atoms with van der Waals surface area (Å²) in [5.41, 5.74) is 3.63. The average molecular weight is 540 g/mol. The first-order chi connectivity index (χ1) is 17.8. The highest BCUT2D eigenvalue weighted by Crippen LogP contribution is 2.35. The van der Waals surface area contributed by atoms with E-state index in [4.69, 9.17) is 14.5 Å². The van der Waals surface area contributed by atoms with Gasteiger partial charge in [-0.05, 0) is 48.0 Å². The van der Waals surface area contributed by atoms with Crippen LogP contribution < -0.4 is 4.74 Å². The largest absolute Gasteiger partial charge is 0.495 e. The van der Waals surface area contributed by atoms with Crippen LogP contribution in [0.15, 0.2) is 76.8 Å². The van der Waals surface area contributed by atoms with Gasteiger partial charge >= 0.3 is 5.97 Å². The van der Waals surface area contributed by atoms with Gasteiger partial charge in [0.25, 0.3) is 0 Å². The van der Waals surface area contributed by atoms with Crippen LogP contribution in [-0.4, -0.2) is 55.6 Å². The van der Waals surface area contributed by atoms with Crippen LogP contribution in [0, 0.1) is 0 Å². The number of imidazole rings is 1. The number of para-hydroxylation sites is 2. The van der Waals surface area contributed by atoms with E-state index >= 15 is 0 Å². The summed E-state index contributed by atoms with van der Waals surface area (Å²) >= 11 is 1.51. The molecule has 0 radical (unpaired) electrons. The number of sulfonamides is 1. The summed E-state index contributed by atoms with van der Waals surface area (Å²) < 4.78 is 40.1. The molecular formula is C27H29N3O5S2. The number of benzene rings is 3. The highest BCUT2D eigenvalue weighted by atomic mass is 32.2. The minimum absolute atomic E-state index is 0.211. The maximum absolute atomic E-state index is 13.1. The predicted molar refractivity (Wildman–Crippen MR) is 145 cm³/mol. The minimum Gasteiger partial charge on any atom is -0.495 e. The van der Waals surface area contributed by atoms with Gasteiger partial charge in [-0.3, -0.25) is 4.57 Å². The van der Waals surface area contributed by atoms with E-state index in [9.17, 15) is 13.2 Å². The third-order valence-corrected chi connectivity index (χ3v) is 9.06. The van der Waals surface area contributed by atoms with Crippen LogP contribution in [0.3, 0.4) is 0 Å². The molecule has 0 atom stereocenters. The van der Waals surface area contributed by atoms with E-state index in [1.54, 1.807) is 37.4 Å². The second-order valence-corrected chi connectivity index (χ2v) is 11.0. The number of hydrogen-bond donors (Lipinski definition) is 0. The van der Waals surface area contributed by atoms with Gasteiger partial charge in [-0.1, -0.05) is 49.9 Å². The van der Waals surface area contributed by atoms with Crippen LogP contribution in [0.2, 0.25) is 0 Å². The van der Waals surface area contributed by atoms with E-state index < -0.39 is 10.0 Å². The molecular weight excluding hydrogens is 510 g/mol. The number of ether oxygens (including phenoxy) is 2. The summed E-state index contributed by atoms with van der Waals surface area (Å²) in [4.78, 5) is 16.8. The van der Waals surface area contributed by atoms with Crippen molar-refractivity contribution in [2.24, 2.45) is 0 Å². The van der Waals surface area contributed by atoms with Crippen molar-refractivity contribution in [2.75, 3.05) is 27.3 Å². The maximum Gasteiger partial charge on any atom is 0.337 e. The highest BCUT2D eigenvalue weighted by molar-refractivity contribution is 7.98. The standard InChI is InChI=1S/C27H29N3O5S2/c1-5-29(6-2)37(32,33)21-15-16-23-22(17-21)28-27(30(23)24-9-7-8-10-25(24)34-3)36-18-19-11-13-20(14-12-19)26(31)35-4/h7-17H,5-6,18H2,1-4H3. The fourth-order valence-electron chi connectivity index (χ4n) is 4.06. The molecule has 37 heavy (non-hydrogen) atoms. The maximum atomic E-state index is 13.1. The number of fused-ring (bicyclic) bond motifs is 1. The second kappa shape index (κ2) is 11.4. The Morgan fingerprint density at radius 3 is 2.35 bits per heavy atom. The van der Waals surface area contributed by atoms with Crippen molar-refractivity contribution in [1.29, 1.82) is 0 Å². The lowest BCUT2D eigenvalue weighted by molar-refractivity contribution is 0.0600. The zero-order chi connectivity index (χ0) is 26.6. The molecule has 0 bridgehead atoms. The zero-order valence-electron chi connectivity index (χ0n) is 21.2. The van der Waals surface area contributed by atoms with E-state index in [2.05, 4.69) is 0 Å². The molecule has 0 N–H and O–H groups in total. The molecule has 0 aliphatic rings. The van der Waals surface area contributed by atoms with Crippen molar-refractivity contribution in [2.45, 2.75) is 29.7 Å². The Morgan fingerprint density at radius 1 is 1.00 bits per heavy atom. The second-order valence-electron chi connectivity index (χ2n) is 8.12. The first kappa shape index (κ1) is 26.7. The monoisotopic (exact) mass is 539 g/mol. The lowest BCUT2D eigenvalue weighted by Gasteiger charge is -2.18. The van der Waals surface area contributed by atoms with Gasteiger partial charge in [-0.25, -0.2) is 18.2 Å². The molecule has 0 unspecified atom stereocenters. The van der Waals surface area contributed by atoms with Gasteiger partial charge in [0, 0.05) is 18.8 Å². The fourth-order valence-corrected chi connectivity index (χ4v) is 6.51. The van der Waals surface area contributed by atoms with Crippen LogP contribution in [0.5, 0.6) is 5.75 Å². The van der Waals surface area contributed by atoms with Crippen LogP contribution in [-0.2, 0) is 20.5 Å². The Bertz CT molecular complexity index is 1510. The average Bonchev–Trinajstić information content (AvgIpc) is 3.29. The Kier molecular flexibility index (Phi) is 8.21. The summed E-state index contributed by atoms with van der Waals surface area (Å²) in [5, 5.41) is 0.689. The zero-order valence-corrected chi connectivity index (χ0v) is 22.8. The van der Waals surface area contributed by atoms with E-state index in [0.717, 1.165) is 16.8 Å². The molecule has 10 heteroatoms. The number of carbonyl (C=O) groups excluding carboxylic acids is 1. The summed E-state index contributed by atoms with van der Waals surface area (Å²) in [5.74, 6) is 0.878. The Labute approximate surface area is 221 Å². The Morgan fingerprint density at radius 2 is 1.70 bits per heavy atom. The van der Waals surface area contributed by atoms with E-state index in [0.29, 0.717) is 40.8 Å². The molecule has 0 fully saturated rings. The number of esters is 1. The first-order valence-corrected chi connectivity index (χ1v) is 14.2. The van der Waals surface area contributed by atoms with Crippen LogP contribution >= 0.6 is 11.8 Å². The summed E-state index contributed by atoms with van der Waals surface area (Å²) in [6.45, 7) is 4.43. The Balaban J connectivity index is 1.78. The molecule has 0 aliphatic heterocycles. The molecule has 0 saturated carbocycles. The number of nitrogens with zero attached hydrogens (tertiary/aromatic N) is 3. The van der Waals surface area contributed by atoms with Crippen LogP contribution in [0.4, 0.5) is 0 Å². The molecule has 0 amide bonds.